The first-order valence-corrected chi connectivity index (χ1v) is 6.88. The van der Waals surface area contributed by atoms with E-state index in [2.05, 4.69) is 46.7 Å². The number of benzene rings is 1. The molecule has 1 aromatic carbocycles. The zero-order valence-corrected chi connectivity index (χ0v) is 13.0. The summed E-state index contributed by atoms with van der Waals surface area (Å²) in [6, 6.07) is 6.58. The Morgan fingerprint density at radius 2 is 1.79 bits per heavy atom. The van der Waals surface area contributed by atoms with Gasteiger partial charge >= 0.3 is 0 Å². The number of nitrogens with zero attached hydrogens (tertiary/aromatic N) is 2. The van der Waals surface area contributed by atoms with Crippen LogP contribution in [0.1, 0.15) is 32.2 Å². The fourth-order valence-electron chi connectivity index (χ4n) is 1.81. The molecule has 2 aromatic rings. The van der Waals surface area contributed by atoms with E-state index in [4.69, 9.17) is 0 Å². The molecule has 0 radical (unpaired) electrons. The maximum atomic E-state index is 13.2. The normalized spacial score (nSPS) is 11.7. The standard InChI is InChI=1S/C15H16BrFN2/c1-9-7-10(17)5-6-11(9)12-8-13(16)19-14(18-12)15(2,3)4/h5-8H,1-4H3. The first kappa shape index (κ1) is 14.1. The van der Waals surface area contributed by atoms with Crippen LogP contribution in [0, 0.1) is 12.7 Å². The maximum absolute atomic E-state index is 13.2. The van der Waals surface area contributed by atoms with E-state index in [9.17, 15) is 4.39 Å². The van der Waals surface area contributed by atoms with E-state index >= 15 is 0 Å². The van der Waals surface area contributed by atoms with Gasteiger partial charge in [-0.2, -0.15) is 0 Å². The Morgan fingerprint density at radius 3 is 2.37 bits per heavy atom. The van der Waals surface area contributed by atoms with Crippen molar-refractivity contribution in [3.8, 4) is 11.3 Å². The van der Waals surface area contributed by atoms with Crippen molar-refractivity contribution in [2.24, 2.45) is 0 Å². The first-order chi connectivity index (χ1) is 8.77. The van der Waals surface area contributed by atoms with Crippen molar-refractivity contribution in [2.75, 3.05) is 0 Å². The number of halogens is 2. The van der Waals surface area contributed by atoms with Crippen LogP contribution >= 0.6 is 15.9 Å². The minimum absolute atomic E-state index is 0.132. The van der Waals surface area contributed by atoms with Gasteiger partial charge in [0.1, 0.15) is 16.2 Å². The Labute approximate surface area is 121 Å². The zero-order valence-electron chi connectivity index (χ0n) is 11.5. The summed E-state index contributed by atoms with van der Waals surface area (Å²) in [6.45, 7) is 8.08. The van der Waals surface area contributed by atoms with Crippen LogP contribution in [-0.4, -0.2) is 9.97 Å². The molecular formula is C15H16BrFN2. The number of aromatic nitrogens is 2. The number of hydrogen-bond donors (Lipinski definition) is 0. The van der Waals surface area contributed by atoms with Crippen LogP contribution in [0.25, 0.3) is 11.3 Å². The molecular weight excluding hydrogens is 307 g/mol. The van der Waals surface area contributed by atoms with Crippen LogP contribution in [0.2, 0.25) is 0 Å². The summed E-state index contributed by atoms with van der Waals surface area (Å²) >= 11 is 3.42. The topological polar surface area (TPSA) is 25.8 Å². The summed E-state index contributed by atoms with van der Waals surface area (Å²) in [5, 5.41) is 0. The SMILES string of the molecule is Cc1cc(F)ccc1-c1cc(Br)nc(C(C)(C)C)n1. The van der Waals surface area contributed by atoms with Crippen molar-refractivity contribution in [3.63, 3.8) is 0 Å². The van der Waals surface area contributed by atoms with Crippen LogP contribution in [0.3, 0.4) is 0 Å². The molecule has 0 saturated carbocycles. The average Bonchev–Trinajstić information content (AvgIpc) is 2.26. The van der Waals surface area contributed by atoms with Crippen LogP contribution in [0.15, 0.2) is 28.9 Å². The lowest BCUT2D eigenvalue weighted by molar-refractivity contribution is 0.544. The minimum Gasteiger partial charge on any atom is -0.232 e. The fourth-order valence-corrected chi connectivity index (χ4v) is 2.19. The van der Waals surface area contributed by atoms with Crippen molar-refractivity contribution < 1.29 is 4.39 Å². The minimum atomic E-state index is -0.231. The van der Waals surface area contributed by atoms with E-state index in [0.717, 1.165) is 27.2 Å². The molecule has 2 rings (SSSR count). The largest absolute Gasteiger partial charge is 0.232 e. The predicted molar refractivity (Wildman–Crippen MR) is 78.6 cm³/mol. The van der Waals surface area contributed by atoms with Crippen LogP contribution < -0.4 is 0 Å². The predicted octanol–water partition coefficient (Wildman–Crippen LogP) is 4.65. The lowest BCUT2D eigenvalue weighted by Gasteiger charge is -2.18. The Bertz CT molecular complexity index is 618. The van der Waals surface area contributed by atoms with Crippen molar-refractivity contribution in [3.05, 3.63) is 46.1 Å². The molecule has 1 aromatic heterocycles. The Hall–Kier alpha value is -1.29. The highest BCUT2D eigenvalue weighted by Gasteiger charge is 2.19. The summed E-state index contributed by atoms with van der Waals surface area (Å²) in [7, 11) is 0. The molecule has 0 atom stereocenters. The summed E-state index contributed by atoms with van der Waals surface area (Å²) in [4.78, 5) is 9.01. The Balaban J connectivity index is 2.59. The molecule has 0 aliphatic rings. The molecule has 100 valence electrons. The Kier molecular flexibility index (Phi) is 3.72. The van der Waals surface area contributed by atoms with E-state index in [1.54, 1.807) is 6.07 Å². The van der Waals surface area contributed by atoms with Gasteiger partial charge in [0.15, 0.2) is 0 Å². The first-order valence-electron chi connectivity index (χ1n) is 6.09. The molecule has 19 heavy (non-hydrogen) atoms. The Morgan fingerprint density at radius 1 is 1.11 bits per heavy atom. The van der Waals surface area contributed by atoms with Gasteiger partial charge in [-0.1, -0.05) is 20.8 Å². The third-order valence-electron chi connectivity index (χ3n) is 2.83. The van der Waals surface area contributed by atoms with Crippen LogP contribution in [0.4, 0.5) is 4.39 Å². The van der Waals surface area contributed by atoms with Crippen molar-refractivity contribution in [2.45, 2.75) is 33.1 Å². The summed E-state index contributed by atoms with van der Waals surface area (Å²) < 4.78 is 13.9. The number of hydrogen-bond acceptors (Lipinski definition) is 2. The van der Waals surface area contributed by atoms with E-state index in [1.807, 2.05) is 13.0 Å². The monoisotopic (exact) mass is 322 g/mol. The molecule has 0 aliphatic carbocycles. The average molecular weight is 323 g/mol. The molecule has 0 unspecified atom stereocenters. The van der Waals surface area contributed by atoms with Gasteiger partial charge in [-0.3, -0.25) is 0 Å². The van der Waals surface area contributed by atoms with Crippen molar-refractivity contribution >= 4 is 15.9 Å². The van der Waals surface area contributed by atoms with Gasteiger partial charge in [-0.05, 0) is 52.7 Å². The molecule has 0 N–H and O–H groups in total. The van der Waals surface area contributed by atoms with Crippen molar-refractivity contribution in [1.29, 1.82) is 0 Å². The quantitative estimate of drug-likeness (QED) is 0.714. The lowest BCUT2D eigenvalue weighted by atomic mass is 9.95. The summed E-state index contributed by atoms with van der Waals surface area (Å²) in [6.07, 6.45) is 0. The molecule has 0 amide bonds. The van der Waals surface area contributed by atoms with Gasteiger partial charge in [0, 0.05) is 11.0 Å². The highest BCUT2D eigenvalue weighted by Crippen LogP contribution is 2.27. The number of aryl methyl sites for hydroxylation is 1. The summed E-state index contributed by atoms with van der Waals surface area (Å²) in [5.41, 5.74) is 2.47. The highest BCUT2D eigenvalue weighted by molar-refractivity contribution is 9.10. The van der Waals surface area contributed by atoms with Crippen LogP contribution in [0.5, 0.6) is 0 Å². The molecule has 0 aliphatic heterocycles. The molecule has 0 saturated heterocycles. The second-order valence-corrected chi connectivity index (χ2v) is 6.42. The maximum Gasteiger partial charge on any atom is 0.135 e. The van der Waals surface area contributed by atoms with E-state index in [-0.39, 0.29) is 11.2 Å². The molecule has 2 nitrogen and oxygen atoms in total. The van der Waals surface area contributed by atoms with E-state index in [1.165, 1.54) is 12.1 Å². The highest BCUT2D eigenvalue weighted by atomic mass is 79.9. The third kappa shape index (κ3) is 3.18. The number of rotatable bonds is 1. The molecule has 4 heteroatoms. The van der Waals surface area contributed by atoms with Crippen molar-refractivity contribution in [1.82, 2.24) is 9.97 Å². The molecule has 0 fully saturated rings. The second-order valence-electron chi connectivity index (χ2n) is 5.61. The van der Waals surface area contributed by atoms with Gasteiger partial charge in [-0.25, -0.2) is 14.4 Å². The van der Waals surface area contributed by atoms with Gasteiger partial charge in [0.2, 0.25) is 0 Å². The summed E-state index contributed by atoms with van der Waals surface area (Å²) in [5.74, 6) is 0.533. The third-order valence-corrected chi connectivity index (χ3v) is 3.24. The van der Waals surface area contributed by atoms with E-state index < -0.39 is 0 Å². The smallest absolute Gasteiger partial charge is 0.135 e. The van der Waals surface area contributed by atoms with Gasteiger partial charge in [-0.15, -0.1) is 0 Å². The van der Waals surface area contributed by atoms with Gasteiger partial charge in [0.05, 0.1) is 5.69 Å². The second kappa shape index (κ2) is 5.00. The van der Waals surface area contributed by atoms with Gasteiger partial charge in [0.25, 0.3) is 0 Å². The lowest BCUT2D eigenvalue weighted by Crippen LogP contribution is -2.16. The van der Waals surface area contributed by atoms with E-state index in [0.29, 0.717) is 0 Å². The van der Waals surface area contributed by atoms with Crippen LogP contribution in [-0.2, 0) is 5.41 Å². The fraction of sp³-hybridized carbons (Fsp3) is 0.333. The van der Waals surface area contributed by atoms with Gasteiger partial charge < -0.3 is 0 Å². The molecule has 0 bridgehead atoms. The molecule has 1 heterocycles. The zero-order chi connectivity index (χ0) is 14.2. The molecule has 0 spiro atoms.